The van der Waals surface area contributed by atoms with E-state index < -0.39 is 17.8 Å². The Morgan fingerprint density at radius 1 is 1.50 bits per heavy atom. The summed E-state index contributed by atoms with van der Waals surface area (Å²) in [4.78, 5) is 26.0. The molecule has 1 amide bonds. The number of hydrogen-bond acceptors (Lipinski definition) is 6. The summed E-state index contributed by atoms with van der Waals surface area (Å²) in [5.74, 6) is -0.733. The van der Waals surface area contributed by atoms with Gasteiger partial charge in [0.2, 0.25) is 5.71 Å². The van der Waals surface area contributed by atoms with E-state index >= 15 is 0 Å². The molecule has 16 heavy (non-hydrogen) atoms. The van der Waals surface area contributed by atoms with Crippen molar-refractivity contribution in [2.45, 2.75) is 19.8 Å². The first-order valence-electron chi connectivity index (χ1n) is 4.69. The van der Waals surface area contributed by atoms with Crippen LogP contribution in [0.3, 0.4) is 0 Å². The Bertz CT molecular complexity index is 319. The maximum atomic E-state index is 10.9. The van der Waals surface area contributed by atoms with Crippen LogP contribution in [0.5, 0.6) is 0 Å². The quantitative estimate of drug-likeness (QED) is 0.243. The number of hydrogen-bond donors (Lipinski definition) is 1. The highest BCUT2D eigenvalue weighted by atomic mass is 16.8. The molecule has 0 atom stereocenters. The van der Waals surface area contributed by atoms with E-state index in [4.69, 9.17) is 5.26 Å². The van der Waals surface area contributed by atoms with Crippen LogP contribution in [0.25, 0.3) is 0 Å². The molecule has 0 saturated carbocycles. The molecule has 0 saturated heterocycles. The average molecular weight is 227 g/mol. The minimum Gasteiger partial charge on any atom is -0.433 e. The van der Waals surface area contributed by atoms with E-state index in [0.29, 0.717) is 6.42 Å². The third kappa shape index (κ3) is 5.59. The molecule has 0 aliphatic carbocycles. The molecule has 0 aromatic rings. The Kier molecular flexibility index (Phi) is 7.15. The van der Waals surface area contributed by atoms with Gasteiger partial charge in [0.25, 0.3) is 5.91 Å². The number of carbonyl (C=O) groups is 2. The predicted octanol–water partition coefficient (Wildman–Crippen LogP) is 0.565. The third-order valence-electron chi connectivity index (χ3n) is 1.48. The van der Waals surface area contributed by atoms with Gasteiger partial charge in [0.1, 0.15) is 6.07 Å². The number of nitriles is 1. The minimum absolute atomic E-state index is 0.215. The number of nitrogens with one attached hydrogen (secondary N) is 1. The topological polar surface area (TPSA) is 101 Å². The summed E-state index contributed by atoms with van der Waals surface area (Å²) in [7, 11) is 1.33. The average Bonchev–Trinajstić information content (AvgIpc) is 2.29. The van der Waals surface area contributed by atoms with Crippen LogP contribution in [0.1, 0.15) is 19.8 Å². The highest BCUT2D eigenvalue weighted by Crippen LogP contribution is 1.92. The number of nitrogens with zero attached hydrogens (tertiary/aromatic N) is 2. The fourth-order valence-corrected chi connectivity index (χ4v) is 0.640. The summed E-state index contributed by atoms with van der Waals surface area (Å²) in [5, 5.41) is 13.7. The van der Waals surface area contributed by atoms with Crippen LogP contribution < -0.4 is 5.32 Å². The number of ether oxygens (including phenoxy) is 1. The lowest BCUT2D eigenvalue weighted by atomic mass is 10.4. The van der Waals surface area contributed by atoms with Gasteiger partial charge in [-0.05, 0) is 6.42 Å². The second-order valence-electron chi connectivity index (χ2n) is 2.67. The van der Waals surface area contributed by atoms with Gasteiger partial charge in [-0.2, -0.15) is 5.26 Å². The zero-order valence-electron chi connectivity index (χ0n) is 9.15. The standard InChI is InChI=1S/C9H13N3O4/c1-3-4-5-15-9(14)16-12-7(6-10)8(13)11-2/h3-5H2,1-2H3,(H,11,13). The van der Waals surface area contributed by atoms with Crippen molar-refractivity contribution in [3.63, 3.8) is 0 Å². The molecule has 0 rings (SSSR count). The summed E-state index contributed by atoms with van der Waals surface area (Å²) in [6.45, 7) is 2.15. The van der Waals surface area contributed by atoms with Crippen LogP contribution in [-0.2, 0) is 14.4 Å². The van der Waals surface area contributed by atoms with Crippen LogP contribution in [0.2, 0.25) is 0 Å². The SMILES string of the molecule is CCCCOC(=O)ON=C(C#N)C(=O)NC. The Hall–Kier alpha value is -2.10. The number of oxime groups is 1. The van der Waals surface area contributed by atoms with Crippen LogP contribution >= 0.6 is 0 Å². The molecule has 0 unspecified atom stereocenters. The van der Waals surface area contributed by atoms with E-state index in [0.717, 1.165) is 6.42 Å². The zero-order chi connectivity index (χ0) is 12.4. The largest absolute Gasteiger partial charge is 0.535 e. The molecule has 0 aromatic carbocycles. The fourth-order valence-electron chi connectivity index (χ4n) is 0.640. The van der Waals surface area contributed by atoms with Crippen molar-refractivity contribution in [1.29, 1.82) is 5.26 Å². The van der Waals surface area contributed by atoms with Crippen molar-refractivity contribution in [2.75, 3.05) is 13.7 Å². The molecule has 7 nitrogen and oxygen atoms in total. The maximum Gasteiger partial charge on any atom is 0.535 e. The van der Waals surface area contributed by atoms with Crippen molar-refractivity contribution in [3.8, 4) is 6.07 Å². The van der Waals surface area contributed by atoms with Gasteiger partial charge >= 0.3 is 6.16 Å². The lowest BCUT2D eigenvalue weighted by molar-refractivity contribution is -0.114. The molecular formula is C9H13N3O4. The van der Waals surface area contributed by atoms with Crippen LogP contribution in [0.15, 0.2) is 5.16 Å². The molecule has 0 radical (unpaired) electrons. The van der Waals surface area contributed by atoms with E-state index in [1.165, 1.54) is 13.1 Å². The van der Waals surface area contributed by atoms with Gasteiger partial charge in [0.05, 0.1) is 6.61 Å². The van der Waals surface area contributed by atoms with Crippen molar-refractivity contribution in [1.82, 2.24) is 5.32 Å². The Labute approximate surface area is 93.0 Å². The lowest BCUT2D eigenvalue weighted by Crippen LogP contribution is -2.27. The molecule has 0 aliphatic rings. The monoisotopic (exact) mass is 227 g/mol. The number of rotatable bonds is 5. The molecule has 0 fully saturated rings. The molecule has 1 N–H and O–H groups in total. The molecule has 0 heterocycles. The van der Waals surface area contributed by atoms with Gasteiger partial charge in [0, 0.05) is 7.05 Å². The van der Waals surface area contributed by atoms with E-state index in [2.05, 4.69) is 20.0 Å². The van der Waals surface area contributed by atoms with Crippen LogP contribution in [-0.4, -0.2) is 31.4 Å². The lowest BCUT2D eigenvalue weighted by Gasteiger charge is -2.00. The molecule has 88 valence electrons. The van der Waals surface area contributed by atoms with E-state index in [-0.39, 0.29) is 6.61 Å². The fraction of sp³-hybridized carbons (Fsp3) is 0.556. The number of carbonyl (C=O) groups excluding carboxylic acids is 2. The first kappa shape index (κ1) is 13.9. The normalized spacial score (nSPS) is 10.2. The second kappa shape index (κ2) is 8.23. The first-order valence-corrected chi connectivity index (χ1v) is 4.69. The van der Waals surface area contributed by atoms with E-state index in [9.17, 15) is 9.59 Å². The Morgan fingerprint density at radius 3 is 2.69 bits per heavy atom. The molecule has 0 aliphatic heterocycles. The smallest absolute Gasteiger partial charge is 0.433 e. The van der Waals surface area contributed by atoms with Gasteiger partial charge in [-0.15, -0.1) is 0 Å². The molecule has 0 aromatic heterocycles. The molecular weight excluding hydrogens is 214 g/mol. The van der Waals surface area contributed by atoms with Crippen molar-refractivity contribution < 1.29 is 19.2 Å². The van der Waals surface area contributed by atoms with Gasteiger partial charge in [-0.25, -0.2) is 4.79 Å². The summed E-state index contributed by atoms with van der Waals surface area (Å²) in [6, 6.07) is 1.48. The zero-order valence-corrected chi connectivity index (χ0v) is 9.15. The summed E-state index contributed by atoms with van der Waals surface area (Å²) in [6.07, 6.45) is 0.544. The highest BCUT2D eigenvalue weighted by Gasteiger charge is 2.11. The first-order chi connectivity index (χ1) is 7.65. The van der Waals surface area contributed by atoms with Gasteiger partial charge in [-0.1, -0.05) is 18.5 Å². The molecule has 0 spiro atoms. The maximum absolute atomic E-state index is 10.9. The Balaban J connectivity index is 4.09. The molecule has 7 heteroatoms. The van der Waals surface area contributed by atoms with Gasteiger partial charge in [0.15, 0.2) is 0 Å². The minimum atomic E-state index is -1.04. The van der Waals surface area contributed by atoms with Crippen LogP contribution in [0.4, 0.5) is 4.79 Å². The van der Waals surface area contributed by atoms with Crippen molar-refractivity contribution in [3.05, 3.63) is 0 Å². The second-order valence-corrected chi connectivity index (χ2v) is 2.67. The number of unbranched alkanes of at least 4 members (excludes halogenated alkanes) is 1. The van der Waals surface area contributed by atoms with Gasteiger partial charge in [-0.3, -0.25) is 9.63 Å². The summed E-state index contributed by atoms with van der Waals surface area (Å²) < 4.78 is 4.58. The molecule has 0 bridgehead atoms. The highest BCUT2D eigenvalue weighted by molar-refractivity contribution is 6.44. The van der Waals surface area contributed by atoms with E-state index in [1.807, 2.05) is 6.92 Å². The number of amides is 1. The Morgan fingerprint density at radius 2 is 2.19 bits per heavy atom. The third-order valence-corrected chi connectivity index (χ3v) is 1.48. The van der Waals surface area contributed by atoms with Crippen molar-refractivity contribution >= 4 is 17.8 Å². The predicted molar refractivity (Wildman–Crippen MR) is 54.5 cm³/mol. The summed E-state index contributed by atoms with van der Waals surface area (Å²) >= 11 is 0. The summed E-state index contributed by atoms with van der Waals surface area (Å²) in [5.41, 5.74) is -0.546. The van der Waals surface area contributed by atoms with E-state index in [1.54, 1.807) is 0 Å². The van der Waals surface area contributed by atoms with Crippen molar-refractivity contribution in [2.24, 2.45) is 5.16 Å². The van der Waals surface area contributed by atoms with Crippen LogP contribution in [0, 0.1) is 11.3 Å². The van der Waals surface area contributed by atoms with Gasteiger partial charge < -0.3 is 10.1 Å².